The highest BCUT2D eigenvalue weighted by Crippen LogP contribution is 2.15. The van der Waals surface area contributed by atoms with E-state index in [9.17, 15) is 14.4 Å². The third-order valence-electron chi connectivity index (χ3n) is 3.81. The minimum atomic E-state index is -0.430. The Hall–Kier alpha value is -2.17. The second-order valence-corrected chi connectivity index (χ2v) is 6.16. The highest BCUT2D eigenvalue weighted by Gasteiger charge is 2.22. The molecule has 0 bridgehead atoms. The van der Waals surface area contributed by atoms with E-state index in [1.165, 1.54) is 4.90 Å². The SMILES string of the molecule is CCOC(=O)CN(C(=O)CCC(=O)c1cc(C)ccc1C)C(C)C. The van der Waals surface area contributed by atoms with Crippen LogP contribution >= 0.6 is 0 Å². The highest BCUT2D eigenvalue weighted by molar-refractivity contribution is 5.99. The van der Waals surface area contributed by atoms with Crippen LogP contribution in [0.15, 0.2) is 18.2 Å². The average molecular weight is 333 g/mol. The fourth-order valence-electron chi connectivity index (χ4n) is 2.44. The average Bonchev–Trinajstić information content (AvgIpc) is 2.52. The van der Waals surface area contributed by atoms with Crippen LogP contribution in [0.25, 0.3) is 0 Å². The zero-order chi connectivity index (χ0) is 18.3. The normalized spacial score (nSPS) is 10.6. The Bertz CT molecular complexity index is 607. The second kappa shape index (κ2) is 9.21. The maximum Gasteiger partial charge on any atom is 0.325 e. The number of benzene rings is 1. The van der Waals surface area contributed by atoms with E-state index in [4.69, 9.17) is 4.74 Å². The van der Waals surface area contributed by atoms with Crippen LogP contribution in [-0.4, -0.2) is 41.8 Å². The Morgan fingerprint density at radius 1 is 1.12 bits per heavy atom. The van der Waals surface area contributed by atoms with Gasteiger partial charge in [0.05, 0.1) is 6.61 Å². The molecule has 0 spiro atoms. The van der Waals surface area contributed by atoms with Crippen LogP contribution in [-0.2, 0) is 14.3 Å². The third-order valence-corrected chi connectivity index (χ3v) is 3.81. The van der Waals surface area contributed by atoms with Crippen molar-refractivity contribution in [3.63, 3.8) is 0 Å². The predicted octanol–water partition coefficient (Wildman–Crippen LogP) is 3.07. The standard InChI is InChI=1S/C19H27NO4/c1-6-24-19(23)12-20(13(2)3)18(22)10-9-17(21)16-11-14(4)7-8-15(16)5/h7-8,11,13H,6,9-10,12H2,1-5H3. The lowest BCUT2D eigenvalue weighted by atomic mass is 9.99. The zero-order valence-corrected chi connectivity index (χ0v) is 15.2. The predicted molar refractivity (Wildman–Crippen MR) is 93.0 cm³/mol. The van der Waals surface area contributed by atoms with Gasteiger partial charge in [0.15, 0.2) is 5.78 Å². The summed E-state index contributed by atoms with van der Waals surface area (Å²) in [4.78, 5) is 37.8. The van der Waals surface area contributed by atoms with E-state index in [-0.39, 0.29) is 43.7 Å². The molecule has 0 fully saturated rings. The van der Waals surface area contributed by atoms with Crippen molar-refractivity contribution in [1.29, 1.82) is 0 Å². The second-order valence-electron chi connectivity index (χ2n) is 6.16. The van der Waals surface area contributed by atoms with Gasteiger partial charge in [-0.3, -0.25) is 14.4 Å². The fourth-order valence-corrected chi connectivity index (χ4v) is 2.44. The van der Waals surface area contributed by atoms with Crippen LogP contribution in [0.4, 0.5) is 0 Å². The Morgan fingerprint density at radius 3 is 2.38 bits per heavy atom. The van der Waals surface area contributed by atoms with Gasteiger partial charge in [-0.1, -0.05) is 17.7 Å². The highest BCUT2D eigenvalue weighted by atomic mass is 16.5. The van der Waals surface area contributed by atoms with E-state index < -0.39 is 5.97 Å². The Kier molecular flexibility index (Phi) is 7.62. The molecule has 5 heteroatoms. The van der Waals surface area contributed by atoms with Crippen molar-refractivity contribution in [3.8, 4) is 0 Å². The minimum Gasteiger partial charge on any atom is -0.465 e. The smallest absolute Gasteiger partial charge is 0.325 e. The Labute approximate surface area is 144 Å². The number of hydrogen-bond donors (Lipinski definition) is 0. The van der Waals surface area contributed by atoms with Crippen LogP contribution in [0.3, 0.4) is 0 Å². The fraction of sp³-hybridized carbons (Fsp3) is 0.526. The summed E-state index contributed by atoms with van der Waals surface area (Å²) in [7, 11) is 0. The Morgan fingerprint density at radius 2 is 1.79 bits per heavy atom. The van der Waals surface area contributed by atoms with Crippen LogP contribution in [0.1, 0.15) is 55.1 Å². The molecule has 0 aliphatic rings. The van der Waals surface area contributed by atoms with E-state index in [1.807, 2.05) is 45.9 Å². The first-order chi connectivity index (χ1) is 11.3. The van der Waals surface area contributed by atoms with E-state index in [1.54, 1.807) is 6.92 Å². The number of rotatable bonds is 8. The maximum atomic E-state index is 12.4. The molecule has 5 nitrogen and oxygen atoms in total. The summed E-state index contributed by atoms with van der Waals surface area (Å²) in [6.45, 7) is 9.42. The lowest BCUT2D eigenvalue weighted by molar-refractivity contribution is -0.150. The molecule has 0 aliphatic carbocycles. The molecule has 1 rings (SSSR count). The van der Waals surface area contributed by atoms with E-state index >= 15 is 0 Å². The van der Waals surface area contributed by atoms with E-state index in [0.717, 1.165) is 11.1 Å². The van der Waals surface area contributed by atoms with Crippen LogP contribution in [0, 0.1) is 13.8 Å². The molecule has 0 atom stereocenters. The van der Waals surface area contributed by atoms with Crippen molar-refractivity contribution >= 4 is 17.7 Å². The molecule has 1 aromatic carbocycles. The van der Waals surface area contributed by atoms with Crippen LogP contribution in [0.5, 0.6) is 0 Å². The number of amides is 1. The lowest BCUT2D eigenvalue weighted by Crippen LogP contribution is -2.41. The molecule has 0 heterocycles. The van der Waals surface area contributed by atoms with Crippen molar-refractivity contribution in [3.05, 3.63) is 34.9 Å². The molecule has 0 aromatic heterocycles. The summed E-state index contributed by atoms with van der Waals surface area (Å²) in [5.41, 5.74) is 2.58. The van der Waals surface area contributed by atoms with Crippen molar-refractivity contribution in [2.75, 3.05) is 13.2 Å². The Balaban J connectivity index is 2.69. The summed E-state index contributed by atoms with van der Waals surface area (Å²) < 4.78 is 4.90. The summed E-state index contributed by atoms with van der Waals surface area (Å²) in [6, 6.07) is 5.58. The molecule has 0 N–H and O–H groups in total. The first kappa shape index (κ1) is 19.9. The number of carbonyl (C=O) groups excluding carboxylic acids is 3. The number of ether oxygens (including phenoxy) is 1. The molecule has 0 radical (unpaired) electrons. The van der Waals surface area contributed by atoms with Gasteiger partial charge in [0, 0.05) is 24.4 Å². The van der Waals surface area contributed by atoms with Crippen LogP contribution < -0.4 is 0 Å². The van der Waals surface area contributed by atoms with Gasteiger partial charge in [-0.25, -0.2) is 0 Å². The molecule has 132 valence electrons. The lowest BCUT2D eigenvalue weighted by Gasteiger charge is -2.25. The largest absolute Gasteiger partial charge is 0.465 e. The molecule has 1 aromatic rings. The first-order valence-electron chi connectivity index (χ1n) is 8.31. The molecule has 0 aliphatic heterocycles. The minimum absolute atomic E-state index is 0.0515. The van der Waals surface area contributed by atoms with Gasteiger partial charge in [-0.15, -0.1) is 0 Å². The monoisotopic (exact) mass is 333 g/mol. The van der Waals surface area contributed by atoms with Gasteiger partial charge >= 0.3 is 5.97 Å². The molecular weight excluding hydrogens is 306 g/mol. The first-order valence-corrected chi connectivity index (χ1v) is 8.31. The zero-order valence-electron chi connectivity index (χ0n) is 15.2. The quantitative estimate of drug-likeness (QED) is 0.542. The number of hydrogen-bond acceptors (Lipinski definition) is 4. The van der Waals surface area contributed by atoms with Gasteiger partial charge in [0.2, 0.25) is 5.91 Å². The number of ketones is 1. The number of aryl methyl sites for hydroxylation is 2. The summed E-state index contributed by atoms with van der Waals surface area (Å²) in [5, 5.41) is 0. The number of nitrogens with zero attached hydrogens (tertiary/aromatic N) is 1. The number of esters is 1. The molecular formula is C19H27NO4. The molecule has 0 unspecified atom stereocenters. The van der Waals surface area contributed by atoms with Crippen LogP contribution in [0.2, 0.25) is 0 Å². The van der Waals surface area contributed by atoms with Crippen molar-refractivity contribution in [1.82, 2.24) is 4.90 Å². The maximum absolute atomic E-state index is 12.4. The van der Waals surface area contributed by atoms with Gasteiger partial charge in [-0.05, 0) is 46.2 Å². The third kappa shape index (κ3) is 5.80. The van der Waals surface area contributed by atoms with Gasteiger partial charge < -0.3 is 9.64 Å². The molecule has 0 saturated heterocycles. The van der Waals surface area contributed by atoms with Gasteiger partial charge in [0.25, 0.3) is 0 Å². The van der Waals surface area contributed by atoms with E-state index in [2.05, 4.69) is 0 Å². The molecule has 24 heavy (non-hydrogen) atoms. The van der Waals surface area contributed by atoms with E-state index in [0.29, 0.717) is 5.56 Å². The van der Waals surface area contributed by atoms with Crippen molar-refractivity contribution in [2.24, 2.45) is 0 Å². The van der Waals surface area contributed by atoms with Gasteiger partial charge in [-0.2, -0.15) is 0 Å². The van der Waals surface area contributed by atoms with Gasteiger partial charge in [0.1, 0.15) is 6.54 Å². The molecule has 1 amide bonds. The summed E-state index contributed by atoms with van der Waals surface area (Å²) in [6.07, 6.45) is 0.221. The number of carbonyl (C=O) groups is 3. The van der Waals surface area contributed by atoms with Crippen molar-refractivity contribution in [2.45, 2.75) is 53.5 Å². The topological polar surface area (TPSA) is 63.7 Å². The molecule has 0 saturated carbocycles. The number of Topliss-reactive ketones (excluding diaryl/α,β-unsaturated/α-hetero) is 1. The van der Waals surface area contributed by atoms with Crippen molar-refractivity contribution < 1.29 is 19.1 Å². The summed E-state index contributed by atoms with van der Waals surface area (Å²) >= 11 is 0. The summed E-state index contributed by atoms with van der Waals surface area (Å²) in [5.74, 6) is -0.693.